The molecule has 2 atom stereocenters. The van der Waals surface area contributed by atoms with Gasteiger partial charge in [0.25, 0.3) is 0 Å². The number of nitrogens with two attached hydrogens (primary N) is 1. The summed E-state index contributed by atoms with van der Waals surface area (Å²) in [6.07, 6.45) is 6.86. The Morgan fingerprint density at radius 1 is 1.28 bits per heavy atom. The second-order valence-corrected chi connectivity index (χ2v) is 8.71. The van der Waals surface area contributed by atoms with E-state index < -0.39 is 8.30 Å². The molecule has 1 aromatic rings. The van der Waals surface area contributed by atoms with Crippen LogP contribution in [0.15, 0.2) is 18.2 Å². The monoisotopic (exact) mass is 369 g/mol. The van der Waals surface area contributed by atoms with Crippen molar-refractivity contribution in [3.8, 4) is 0 Å². The van der Waals surface area contributed by atoms with Gasteiger partial charge in [0, 0.05) is 38.7 Å². The summed E-state index contributed by atoms with van der Waals surface area (Å²) in [6, 6.07) is 5.97. The highest BCUT2D eigenvalue weighted by molar-refractivity contribution is 7.54. The first-order valence-electron chi connectivity index (χ1n) is 9.35. The van der Waals surface area contributed by atoms with Crippen LogP contribution >= 0.6 is 8.30 Å². The van der Waals surface area contributed by atoms with Crippen molar-refractivity contribution in [3.63, 3.8) is 0 Å². The van der Waals surface area contributed by atoms with E-state index in [1.807, 2.05) is 29.9 Å². The quantitative estimate of drug-likeness (QED) is 0.264. The summed E-state index contributed by atoms with van der Waals surface area (Å²) in [6.45, 7) is 6.01. The van der Waals surface area contributed by atoms with Crippen molar-refractivity contribution < 1.29 is 9.63 Å². The van der Waals surface area contributed by atoms with E-state index in [9.17, 15) is 4.89 Å². The number of unbranched alkanes of at least 4 members (excludes halogenated alkanes) is 3. The summed E-state index contributed by atoms with van der Waals surface area (Å²) in [5, 5.41) is 3.46. The van der Waals surface area contributed by atoms with Gasteiger partial charge >= 0.3 is 0 Å². The molecule has 0 fully saturated rings. The van der Waals surface area contributed by atoms with E-state index in [1.54, 1.807) is 7.11 Å². The van der Waals surface area contributed by atoms with Crippen molar-refractivity contribution in [2.45, 2.75) is 58.0 Å². The number of nitrogens with zero attached hydrogens (tertiary/aromatic N) is 1. The number of rotatable bonds is 13. The van der Waals surface area contributed by atoms with Gasteiger partial charge < -0.3 is 25.4 Å². The molecular formula is C19H36N3O2P. The maximum absolute atomic E-state index is 10.7. The first-order valence-corrected chi connectivity index (χ1v) is 10.7. The van der Waals surface area contributed by atoms with E-state index in [2.05, 4.69) is 19.2 Å². The minimum absolute atomic E-state index is 0.209. The van der Waals surface area contributed by atoms with Gasteiger partial charge in [-0.05, 0) is 37.5 Å². The summed E-state index contributed by atoms with van der Waals surface area (Å²) in [4.78, 5) is 10.7. The number of anilines is 3. The van der Waals surface area contributed by atoms with Crippen molar-refractivity contribution in [1.82, 2.24) is 0 Å². The van der Waals surface area contributed by atoms with Crippen LogP contribution in [0.25, 0.3) is 0 Å². The van der Waals surface area contributed by atoms with Gasteiger partial charge in [-0.2, -0.15) is 0 Å². The fourth-order valence-corrected chi connectivity index (χ4v) is 4.16. The van der Waals surface area contributed by atoms with Gasteiger partial charge in [0.15, 0.2) is 0 Å². The average Bonchev–Trinajstić information content (AvgIpc) is 2.61. The van der Waals surface area contributed by atoms with Gasteiger partial charge in [0.2, 0.25) is 0 Å². The SMILES string of the molecule is CCCCCCNc1ccc(N)c(N(C)P(O)C(C)CCCOC)c1. The fraction of sp³-hybridized carbons (Fsp3) is 0.684. The third kappa shape index (κ3) is 7.81. The van der Waals surface area contributed by atoms with E-state index in [-0.39, 0.29) is 5.66 Å². The molecule has 0 bridgehead atoms. The molecule has 0 heterocycles. The lowest BCUT2D eigenvalue weighted by Crippen LogP contribution is -2.18. The van der Waals surface area contributed by atoms with Crippen LogP contribution in [-0.2, 0) is 4.74 Å². The molecule has 6 heteroatoms. The number of nitrogens with one attached hydrogen (secondary N) is 1. The first kappa shape index (κ1) is 22.0. The van der Waals surface area contributed by atoms with Crippen molar-refractivity contribution in [2.75, 3.05) is 43.0 Å². The Bertz CT molecular complexity index is 488. The van der Waals surface area contributed by atoms with E-state index in [1.165, 1.54) is 25.7 Å². The maximum Gasteiger partial charge on any atom is 0.132 e. The minimum Gasteiger partial charge on any atom is -0.397 e. The summed E-state index contributed by atoms with van der Waals surface area (Å²) < 4.78 is 7.03. The molecule has 0 saturated carbocycles. The van der Waals surface area contributed by atoms with Crippen molar-refractivity contribution in [3.05, 3.63) is 18.2 Å². The van der Waals surface area contributed by atoms with Crippen molar-refractivity contribution in [1.29, 1.82) is 0 Å². The third-order valence-electron chi connectivity index (χ3n) is 4.41. The second-order valence-electron chi connectivity index (χ2n) is 6.59. The third-order valence-corrected chi connectivity index (χ3v) is 6.29. The highest BCUT2D eigenvalue weighted by atomic mass is 31.2. The predicted octanol–water partition coefficient (Wildman–Crippen LogP) is 4.82. The molecule has 0 aromatic heterocycles. The normalized spacial score (nSPS) is 13.5. The Morgan fingerprint density at radius 3 is 2.72 bits per heavy atom. The van der Waals surface area contributed by atoms with E-state index >= 15 is 0 Å². The smallest absolute Gasteiger partial charge is 0.132 e. The van der Waals surface area contributed by atoms with Crippen LogP contribution in [0.3, 0.4) is 0 Å². The zero-order valence-corrected chi connectivity index (χ0v) is 17.2. The Labute approximate surface area is 154 Å². The Morgan fingerprint density at radius 2 is 2.04 bits per heavy atom. The summed E-state index contributed by atoms with van der Waals surface area (Å²) >= 11 is 0. The van der Waals surface area contributed by atoms with Crippen LogP contribution in [0.2, 0.25) is 0 Å². The molecule has 0 spiro atoms. The molecular weight excluding hydrogens is 333 g/mol. The van der Waals surface area contributed by atoms with E-state index in [4.69, 9.17) is 10.5 Å². The molecule has 0 aliphatic rings. The fourth-order valence-electron chi connectivity index (χ4n) is 2.76. The molecule has 0 saturated heterocycles. The van der Waals surface area contributed by atoms with Crippen molar-refractivity contribution >= 4 is 25.4 Å². The molecule has 144 valence electrons. The van der Waals surface area contributed by atoms with Gasteiger partial charge in [-0.1, -0.05) is 33.1 Å². The van der Waals surface area contributed by atoms with Gasteiger partial charge in [-0.25, -0.2) is 0 Å². The van der Waals surface area contributed by atoms with E-state index in [0.717, 1.165) is 37.4 Å². The molecule has 0 aliphatic carbocycles. The minimum atomic E-state index is -1.28. The molecule has 25 heavy (non-hydrogen) atoms. The number of methoxy groups -OCH3 is 1. The summed E-state index contributed by atoms with van der Waals surface area (Å²) in [5.74, 6) is 0. The molecule has 4 N–H and O–H groups in total. The van der Waals surface area contributed by atoms with Crippen LogP contribution in [0.5, 0.6) is 0 Å². The van der Waals surface area contributed by atoms with Crippen LogP contribution < -0.4 is 15.7 Å². The molecule has 0 aliphatic heterocycles. The second kappa shape index (κ2) is 12.3. The van der Waals surface area contributed by atoms with Crippen LogP contribution in [0, 0.1) is 0 Å². The first-order chi connectivity index (χ1) is 12.0. The number of ether oxygens (including phenoxy) is 1. The van der Waals surface area contributed by atoms with Gasteiger partial charge in [-0.15, -0.1) is 0 Å². The number of hydrogen-bond donors (Lipinski definition) is 3. The molecule has 0 amide bonds. The van der Waals surface area contributed by atoms with Crippen LogP contribution in [0.1, 0.15) is 52.4 Å². The predicted molar refractivity (Wildman–Crippen MR) is 112 cm³/mol. The Kier molecular flexibility index (Phi) is 10.9. The lowest BCUT2D eigenvalue weighted by Gasteiger charge is -2.30. The van der Waals surface area contributed by atoms with Crippen molar-refractivity contribution in [2.24, 2.45) is 0 Å². The lowest BCUT2D eigenvalue weighted by molar-refractivity contribution is 0.192. The topological polar surface area (TPSA) is 70.8 Å². The van der Waals surface area contributed by atoms with Crippen LogP contribution in [-0.4, -0.2) is 37.9 Å². The van der Waals surface area contributed by atoms with Gasteiger partial charge in [0.1, 0.15) is 8.30 Å². The zero-order valence-electron chi connectivity index (χ0n) is 16.3. The largest absolute Gasteiger partial charge is 0.397 e. The Hall–Kier alpha value is -1.03. The van der Waals surface area contributed by atoms with Gasteiger partial charge in [-0.3, -0.25) is 0 Å². The van der Waals surface area contributed by atoms with Crippen LogP contribution in [0.4, 0.5) is 17.1 Å². The molecule has 1 rings (SSSR count). The Balaban J connectivity index is 2.63. The molecule has 5 nitrogen and oxygen atoms in total. The average molecular weight is 369 g/mol. The maximum atomic E-state index is 10.7. The highest BCUT2D eigenvalue weighted by Gasteiger charge is 2.21. The molecule has 1 aromatic carbocycles. The zero-order chi connectivity index (χ0) is 18.7. The molecule has 2 unspecified atom stereocenters. The number of nitrogen functional groups attached to an aromatic ring is 1. The highest BCUT2D eigenvalue weighted by Crippen LogP contribution is 2.46. The lowest BCUT2D eigenvalue weighted by atomic mass is 10.2. The summed E-state index contributed by atoms with van der Waals surface area (Å²) in [7, 11) is 2.36. The standard InChI is InChI=1S/C19H36N3O2P/c1-5-6-7-8-13-21-17-11-12-18(20)19(15-17)22(3)25(23)16(2)10-9-14-24-4/h11-12,15-16,21,23H,5-10,13-14,20H2,1-4H3. The number of benzene rings is 1. The van der Waals surface area contributed by atoms with E-state index in [0.29, 0.717) is 5.69 Å². The summed E-state index contributed by atoms with van der Waals surface area (Å²) in [5.41, 5.74) is 9.01. The van der Waals surface area contributed by atoms with Gasteiger partial charge in [0.05, 0.1) is 11.4 Å². The number of hydrogen-bond acceptors (Lipinski definition) is 5. The molecule has 0 radical (unpaired) electrons.